The van der Waals surface area contributed by atoms with Crippen molar-refractivity contribution in [2.24, 2.45) is 5.73 Å². The van der Waals surface area contributed by atoms with Gasteiger partial charge in [-0.3, -0.25) is 4.72 Å². The Balaban J connectivity index is 2.29. The maximum Gasteiger partial charge on any atom is 0.261 e. The number of nitrogens with one attached hydrogen (secondary N) is 1. The van der Waals surface area contributed by atoms with Gasteiger partial charge in [-0.05, 0) is 36.8 Å². The third kappa shape index (κ3) is 3.77. The maximum absolute atomic E-state index is 13.1. The van der Waals surface area contributed by atoms with Gasteiger partial charge in [-0.15, -0.1) is 0 Å². The minimum Gasteiger partial charge on any atom is -0.324 e. The molecule has 0 heterocycles. The van der Waals surface area contributed by atoms with Gasteiger partial charge in [0.05, 0.1) is 10.6 Å². The lowest BCUT2D eigenvalue weighted by Gasteiger charge is -2.10. The van der Waals surface area contributed by atoms with Crippen molar-refractivity contribution in [2.45, 2.75) is 17.9 Å². The van der Waals surface area contributed by atoms with E-state index in [0.29, 0.717) is 6.07 Å². The fourth-order valence-corrected chi connectivity index (χ4v) is 2.82. The molecular formula is C14H14F2N2O2S. The zero-order valence-corrected chi connectivity index (χ0v) is 12.0. The fraction of sp³-hybridized carbons (Fsp3) is 0.143. The van der Waals surface area contributed by atoms with E-state index in [1.54, 1.807) is 19.1 Å². The molecule has 7 heteroatoms. The molecule has 112 valence electrons. The van der Waals surface area contributed by atoms with Gasteiger partial charge >= 0.3 is 0 Å². The second-order valence-electron chi connectivity index (χ2n) is 4.62. The first kappa shape index (κ1) is 15.4. The van der Waals surface area contributed by atoms with Crippen LogP contribution in [-0.4, -0.2) is 8.42 Å². The molecule has 4 nitrogen and oxygen atoms in total. The van der Waals surface area contributed by atoms with Crippen molar-refractivity contribution in [3.8, 4) is 0 Å². The Kier molecular flexibility index (Phi) is 4.24. The highest BCUT2D eigenvalue weighted by Crippen LogP contribution is 2.20. The first-order chi connectivity index (χ1) is 9.78. The number of sulfonamides is 1. The molecule has 0 aliphatic carbocycles. The summed E-state index contributed by atoms with van der Waals surface area (Å²) in [5, 5.41) is 0. The second kappa shape index (κ2) is 5.79. The molecule has 3 N–H and O–H groups in total. The van der Waals surface area contributed by atoms with Crippen LogP contribution in [0, 0.1) is 11.6 Å². The fourth-order valence-electron chi connectivity index (χ4n) is 1.78. The molecule has 1 unspecified atom stereocenters. The van der Waals surface area contributed by atoms with Gasteiger partial charge in [0, 0.05) is 12.1 Å². The lowest BCUT2D eigenvalue weighted by atomic mass is 10.1. The van der Waals surface area contributed by atoms with Crippen LogP contribution in [-0.2, 0) is 10.0 Å². The van der Waals surface area contributed by atoms with Crippen molar-refractivity contribution in [2.75, 3.05) is 4.72 Å². The van der Waals surface area contributed by atoms with Crippen LogP contribution >= 0.6 is 0 Å². The molecule has 2 aromatic rings. The van der Waals surface area contributed by atoms with E-state index in [4.69, 9.17) is 5.73 Å². The highest BCUT2D eigenvalue weighted by Gasteiger charge is 2.15. The van der Waals surface area contributed by atoms with Gasteiger partial charge in [-0.2, -0.15) is 0 Å². The number of rotatable bonds is 4. The minimum absolute atomic E-state index is 0.0171. The lowest BCUT2D eigenvalue weighted by molar-refractivity contribution is 0.584. The van der Waals surface area contributed by atoms with Crippen molar-refractivity contribution in [3.05, 3.63) is 59.7 Å². The Bertz CT molecular complexity index is 724. The highest BCUT2D eigenvalue weighted by molar-refractivity contribution is 7.92. The molecule has 2 aromatic carbocycles. The van der Waals surface area contributed by atoms with Crippen LogP contribution in [0.25, 0.3) is 0 Å². The Hall–Kier alpha value is -1.99. The summed E-state index contributed by atoms with van der Waals surface area (Å²) in [4.78, 5) is -0.0171. The summed E-state index contributed by atoms with van der Waals surface area (Å²) in [6.45, 7) is 1.78. The number of benzene rings is 2. The normalized spacial score (nSPS) is 13.0. The van der Waals surface area contributed by atoms with E-state index in [2.05, 4.69) is 4.72 Å². The topological polar surface area (TPSA) is 72.2 Å². The van der Waals surface area contributed by atoms with E-state index in [9.17, 15) is 17.2 Å². The summed E-state index contributed by atoms with van der Waals surface area (Å²) in [6.07, 6.45) is 0. The smallest absolute Gasteiger partial charge is 0.261 e. The first-order valence-electron chi connectivity index (χ1n) is 6.12. The molecular weight excluding hydrogens is 298 g/mol. The Morgan fingerprint density at radius 3 is 2.05 bits per heavy atom. The Morgan fingerprint density at radius 2 is 1.57 bits per heavy atom. The van der Waals surface area contributed by atoms with Crippen LogP contribution < -0.4 is 10.5 Å². The van der Waals surface area contributed by atoms with Gasteiger partial charge in [0.25, 0.3) is 10.0 Å². The highest BCUT2D eigenvalue weighted by atomic mass is 32.2. The monoisotopic (exact) mass is 312 g/mol. The summed E-state index contributed by atoms with van der Waals surface area (Å²) in [6, 6.07) is 8.19. The zero-order valence-electron chi connectivity index (χ0n) is 11.2. The standard InChI is InChI=1S/C14H14F2N2O2S/c1-9(17)10-2-4-14(5-3-10)21(19,20)18-13-7-11(15)6-12(16)8-13/h2-9,18H,17H2,1H3. The summed E-state index contributed by atoms with van der Waals surface area (Å²) in [5.41, 5.74) is 6.29. The van der Waals surface area contributed by atoms with Crippen LogP contribution in [0.5, 0.6) is 0 Å². The third-order valence-corrected chi connectivity index (χ3v) is 4.23. The molecule has 0 aliphatic heterocycles. The number of anilines is 1. The average Bonchev–Trinajstić information content (AvgIpc) is 2.37. The number of hydrogen-bond donors (Lipinski definition) is 2. The van der Waals surface area contributed by atoms with Crippen LogP contribution in [0.2, 0.25) is 0 Å². The number of hydrogen-bond acceptors (Lipinski definition) is 3. The van der Waals surface area contributed by atoms with Crippen molar-refractivity contribution < 1.29 is 17.2 Å². The van der Waals surface area contributed by atoms with Crippen molar-refractivity contribution >= 4 is 15.7 Å². The van der Waals surface area contributed by atoms with Gasteiger partial charge in [-0.1, -0.05) is 12.1 Å². The molecule has 0 amide bonds. The molecule has 2 rings (SSSR count). The molecule has 0 aliphatic rings. The van der Waals surface area contributed by atoms with E-state index in [-0.39, 0.29) is 16.6 Å². The van der Waals surface area contributed by atoms with Crippen LogP contribution in [0.15, 0.2) is 47.4 Å². The van der Waals surface area contributed by atoms with E-state index in [1.165, 1.54) is 12.1 Å². The minimum atomic E-state index is -3.91. The molecule has 1 atom stereocenters. The van der Waals surface area contributed by atoms with Crippen LogP contribution in [0.4, 0.5) is 14.5 Å². The quantitative estimate of drug-likeness (QED) is 0.912. The number of halogens is 2. The van der Waals surface area contributed by atoms with Crippen LogP contribution in [0.3, 0.4) is 0 Å². The summed E-state index contributed by atoms with van der Waals surface area (Å²) < 4.78 is 52.5. The first-order valence-corrected chi connectivity index (χ1v) is 7.61. The third-order valence-electron chi connectivity index (χ3n) is 2.83. The average molecular weight is 312 g/mol. The molecule has 0 fully saturated rings. The second-order valence-corrected chi connectivity index (χ2v) is 6.30. The molecule has 0 saturated heterocycles. The van der Waals surface area contributed by atoms with E-state index in [1.807, 2.05) is 0 Å². The van der Waals surface area contributed by atoms with Gasteiger partial charge in [0.15, 0.2) is 0 Å². The van der Waals surface area contributed by atoms with E-state index < -0.39 is 21.7 Å². The summed E-state index contributed by atoms with van der Waals surface area (Å²) >= 11 is 0. The van der Waals surface area contributed by atoms with Crippen LogP contribution in [0.1, 0.15) is 18.5 Å². The summed E-state index contributed by atoms with van der Waals surface area (Å²) in [7, 11) is -3.91. The molecule has 0 spiro atoms. The maximum atomic E-state index is 13.1. The predicted octanol–water partition coefficient (Wildman–Crippen LogP) is 2.79. The Morgan fingerprint density at radius 1 is 1.05 bits per heavy atom. The predicted molar refractivity (Wildman–Crippen MR) is 76.2 cm³/mol. The van der Waals surface area contributed by atoms with Crippen molar-refractivity contribution in [3.63, 3.8) is 0 Å². The SMILES string of the molecule is CC(N)c1ccc(S(=O)(=O)Nc2cc(F)cc(F)c2)cc1. The molecule has 0 radical (unpaired) electrons. The lowest BCUT2D eigenvalue weighted by Crippen LogP contribution is -2.13. The van der Waals surface area contributed by atoms with Gasteiger partial charge < -0.3 is 5.73 Å². The van der Waals surface area contributed by atoms with Gasteiger partial charge in [-0.25, -0.2) is 17.2 Å². The van der Waals surface area contributed by atoms with Gasteiger partial charge in [0.1, 0.15) is 11.6 Å². The van der Waals surface area contributed by atoms with E-state index >= 15 is 0 Å². The van der Waals surface area contributed by atoms with Crippen molar-refractivity contribution in [1.29, 1.82) is 0 Å². The molecule has 0 bridgehead atoms. The molecule has 0 saturated carbocycles. The largest absolute Gasteiger partial charge is 0.324 e. The molecule has 21 heavy (non-hydrogen) atoms. The van der Waals surface area contributed by atoms with E-state index in [0.717, 1.165) is 17.7 Å². The molecule has 0 aromatic heterocycles. The Labute approximate surface area is 121 Å². The van der Waals surface area contributed by atoms with Gasteiger partial charge in [0.2, 0.25) is 0 Å². The van der Waals surface area contributed by atoms with Crippen molar-refractivity contribution in [1.82, 2.24) is 0 Å². The zero-order chi connectivity index (χ0) is 15.6. The number of nitrogens with two attached hydrogens (primary N) is 1. The summed E-state index contributed by atoms with van der Waals surface area (Å²) in [5.74, 6) is -1.72.